The van der Waals surface area contributed by atoms with Gasteiger partial charge in [-0.3, -0.25) is 0 Å². The second-order valence-electron chi connectivity index (χ2n) is 7.56. The van der Waals surface area contributed by atoms with Gasteiger partial charge in [0, 0.05) is 12.0 Å². The SMILES string of the molecule is CCNC(C(C)C1CC1)C1CC(C)(C)OC1(C)C. The third-order valence-corrected chi connectivity index (χ3v) is 4.95. The van der Waals surface area contributed by atoms with Crippen molar-refractivity contribution in [3.05, 3.63) is 0 Å². The Morgan fingerprint density at radius 1 is 1.22 bits per heavy atom. The third-order valence-electron chi connectivity index (χ3n) is 4.95. The molecule has 0 aromatic heterocycles. The predicted molar refractivity (Wildman–Crippen MR) is 76.7 cm³/mol. The van der Waals surface area contributed by atoms with Gasteiger partial charge in [0.1, 0.15) is 0 Å². The summed E-state index contributed by atoms with van der Waals surface area (Å²) < 4.78 is 6.29. The van der Waals surface area contributed by atoms with Crippen molar-refractivity contribution < 1.29 is 4.74 Å². The van der Waals surface area contributed by atoms with Crippen molar-refractivity contribution in [1.82, 2.24) is 5.32 Å². The van der Waals surface area contributed by atoms with Crippen molar-refractivity contribution in [3.63, 3.8) is 0 Å². The van der Waals surface area contributed by atoms with Crippen LogP contribution < -0.4 is 5.32 Å². The molecule has 1 heterocycles. The van der Waals surface area contributed by atoms with Crippen molar-refractivity contribution in [2.24, 2.45) is 17.8 Å². The number of ether oxygens (including phenoxy) is 1. The van der Waals surface area contributed by atoms with Gasteiger partial charge in [0.05, 0.1) is 11.2 Å². The molecule has 1 aliphatic heterocycles. The van der Waals surface area contributed by atoms with E-state index in [1.54, 1.807) is 0 Å². The van der Waals surface area contributed by atoms with E-state index in [0.29, 0.717) is 12.0 Å². The molecule has 0 bridgehead atoms. The van der Waals surface area contributed by atoms with Crippen LogP contribution in [0.15, 0.2) is 0 Å². The fourth-order valence-electron chi connectivity index (χ4n) is 4.01. The molecule has 18 heavy (non-hydrogen) atoms. The first kappa shape index (κ1) is 14.3. The fourth-order valence-corrected chi connectivity index (χ4v) is 4.01. The van der Waals surface area contributed by atoms with Crippen LogP contribution in [0.5, 0.6) is 0 Å². The Morgan fingerprint density at radius 2 is 1.83 bits per heavy atom. The fraction of sp³-hybridized carbons (Fsp3) is 1.00. The van der Waals surface area contributed by atoms with E-state index in [1.165, 1.54) is 19.3 Å². The predicted octanol–water partition coefficient (Wildman–Crippen LogP) is 3.60. The van der Waals surface area contributed by atoms with E-state index in [9.17, 15) is 0 Å². The van der Waals surface area contributed by atoms with E-state index >= 15 is 0 Å². The summed E-state index contributed by atoms with van der Waals surface area (Å²) in [4.78, 5) is 0. The summed E-state index contributed by atoms with van der Waals surface area (Å²) in [6, 6.07) is 0.610. The monoisotopic (exact) mass is 253 g/mol. The molecule has 106 valence electrons. The highest BCUT2D eigenvalue weighted by atomic mass is 16.5. The zero-order valence-electron chi connectivity index (χ0n) is 13.0. The minimum atomic E-state index is -0.000509. The molecule has 2 nitrogen and oxygen atoms in total. The van der Waals surface area contributed by atoms with Crippen LogP contribution in [0, 0.1) is 17.8 Å². The van der Waals surface area contributed by atoms with Gasteiger partial charge in [-0.15, -0.1) is 0 Å². The summed E-state index contributed by atoms with van der Waals surface area (Å²) in [7, 11) is 0. The van der Waals surface area contributed by atoms with Crippen LogP contribution in [-0.4, -0.2) is 23.8 Å². The highest BCUT2D eigenvalue weighted by molar-refractivity contribution is 5.02. The molecule has 3 unspecified atom stereocenters. The molecule has 2 heteroatoms. The van der Waals surface area contributed by atoms with Crippen LogP contribution in [0.25, 0.3) is 0 Å². The molecular weight excluding hydrogens is 222 g/mol. The molecule has 0 amide bonds. The number of rotatable bonds is 5. The van der Waals surface area contributed by atoms with Gasteiger partial charge in [-0.1, -0.05) is 13.8 Å². The molecule has 3 atom stereocenters. The van der Waals surface area contributed by atoms with Crippen LogP contribution in [0.2, 0.25) is 0 Å². The molecule has 0 aromatic carbocycles. The van der Waals surface area contributed by atoms with E-state index in [1.807, 2.05) is 0 Å². The first-order valence-corrected chi connectivity index (χ1v) is 7.70. The maximum absolute atomic E-state index is 6.29. The summed E-state index contributed by atoms with van der Waals surface area (Å²) in [6.45, 7) is 14.7. The van der Waals surface area contributed by atoms with Gasteiger partial charge in [0.2, 0.25) is 0 Å². The van der Waals surface area contributed by atoms with Crippen LogP contribution in [0.3, 0.4) is 0 Å². The maximum atomic E-state index is 6.29. The van der Waals surface area contributed by atoms with Crippen molar-refractivity contribution in [2.45, 2.75) is 78.0 Å². The molecule has 2 rings (SSSR count). The van der Waals surface area contributed by atoms with Crippen LogP contribution >= 0.6 is 0 Å². The lowest BCUT2D eigenvalue weighted by Gasteiger charge is -2.37. The van der Waals surface area contributed by atoms with E-state index in [2.05, 4.69) is 46.9 Å². The molecule has 0 spiro atoms. The van der Waals surface area contributed by atoms with Crippen molar-refractivity contribution >= 4 is 0 Å². The Hall–Kier alpha value is -0.0800. The molecule has 1 N–H and O–H groups in total. The second-order valence-corrected chi connectivity index (χ2v) is 7.56. The largest absolute Gasteiger partial charge is 0.369 e. The quantitative estimate of drug-likeness (QED) is 0.808. The average molecular weight is 253 g/mol. The van der Waals surface area contributed by atoms with Gasteiger partial charge in [-0.2, -0.15) is 0 Å². The molecule has 0 aromatic rings. The van der Waals surface area contributed by atoms with Gasteiger partial charge < -0.3 is 10.1 Å². The Bertz CT molecular complexity index is 293. The standard InChI is InChI=1S/C16H31NO/c1-7-17-14(11(2)12-8-9-12)13-10-15(3,4)18-16(13,5)6/h11-14,17H,7-10H2,1-6H3. The molecular formula is C16H31NO. The minimum absolute atomic E-state index is 0.000509. The van der Waals surface area contributed by atoms with Gasteiger partial charge in [-0.25, -0.2) is 0 Å². The van der Waals surface area contributed by atoms with Crippen LogP contribution in [0.4, 0.5) is 0 Å². The number of hydrogen-bond donors (Lipinski definition) is 1. The first-order valence-electron chi connectivity index (χ1n) is 7.70. The normalized spacial score (nSPS) is 33.3. The molecule has 2 fully saturated rings. The Labute approximate surface area is 113 Å². The molecule has 0 radical (unpaired) electrons. The van der Waals surface area contributed by atoms with Crippen molar-refractivity contribution in [3.8, 4) is 0 Å². The Kier molecular flexibility index (Phi) is 3.81. The highest BCUT2D eigenvalue weighted by Crippen LogP contribution is 2.48. The summed E-state index contributed by atoms with van der Waals surface area (Å²) in [5.74, 6) is 2.36. The van der Waals surface area contributed by atoms with Gasteiger partial charge in [0.25, 0.3) is 0 Å². The Morgan fingerprint density at radius 3 is 2.22 bits per heavy atom. The summed E-state index contributed by atoms with van der Waals surface area (Å²) in [6.07, 6.45) is 4.04. The lowest BCUT2D eigenvalue weighted by molar-refractivity contribution is -0.0796. The summed E-state index contributed by atoms with van der Waals surface area (Å²) >= 11 is 0. The van der Waals surface area contributed by atoms with Gasteiger partial charge in [0.15, 0.2) is 0 Å². The van der Waals surface area contributed by atoms with E-state index in [-0.39, 0.29) is 11.2 Å². The summed E-state index contributed by atoms with van der Waals surface area (Å²) in [5, 5.41) is 3.76. The van der Waals surface area contributed by atoms with E-state index < -0.39 is 0 Å². The Balaban J connectivity index is 2.14. The van der Waals surface area contributed by atoms with Crippen LogP contribution in [0.1, 0.15) is 60.8 Å². The molecule has 2 aliphatic rings. The lowest BCUT2D eigenvalue weighted by atomic mass is 9.75. The van der Waals surface area contributed by atoms with E-state index in [4.69, 9.17) is 4.74 Å². The third kappa shape index (κ3) is 2.91. The maximum Gasteiger partial charge on any atom is 0.0677 e. The highest BCUT2D eigenvalue weighted by Gasteiger charge is 2.51. The van der Waals surface area contributed by atoms with Crippen molar-refractivity contribution in [1.29, 1.82) is 0 Å². The van der Waals surface area contributed by atoms with E-state index in [0.717, 1.165) is 18.4 Å². The van der Waals surface area contributed by atoms with Crippen molar-refractivity contribution in [2.75, 3.05) is 6.54 Å². The zero-order chi connectivity index (χ0) is 13.6. The van der Waals surface area contributed by atoms with Crippen LogP contribution in [-0.2, 0) is 4.74 Å². The smallest absolute Gasteiger partial charge is 0.0677 e. The minimum Gasteiger partial charge on any atom is -0.369 e. The molecule has 1 saturated heterocycles. The number of nitrogens with one attached hydrogen (secondary N) is 1. The zero-order valence-corrected chi connectivity index (χ0v) is 13.0. The molecule has 1 aliphatic carbocycles. The summed E-state index contributed by atoms with van der Waals surface area (Å²) in [5.41, 5.74) is 0.0323. The number of hydrogen-bond acceptors (Lipinski definition) is 2. The first-order chi connectivity index (χ1) is 8.27. The second kappa shape index (κ2) is 4.79. The topological polar surface area (TPSA) is 21.3 Å². The average Bonchev–Trinajstić information content (AvgIpc) is 3.01. The molecule has 1 saturated carbocycles. The van der Waals surface area contributed by atoms with Gasteiger partial charge in [-0.05, 0) is 65.3 Å². The van der Waals surface area contributed by atoms with Gasteiger partial charge >= 0.3 is 0 Å². The lowest BCUT2D eigenvalue weighted by Crippen LogP contribution is -2.48.